The SMILES string of the molecule is NCC1CCCCCN1C(=O)NC1CCC1. The fraction of sp³-hybridized carbons (Fsp3) is 0.917. The fourth-order valence-corrected chi connectivity index (χ4v) is 2.50. The van der Waals surface area contributed by atoms with Crippen LogP contribution in [0, 0.1) is 0 Å². The number of carbonyl (C=O) groups excluding carboxylic acids is 1. The fourth-order valence-electron chi connectivity index (χ4n) is 2.50. The van der Waals surface area contributed by atoms with Gasteiger partial charge in [0.2, 0.25) is 0 Å². The molecule has 3 N–H and O–H groups in total. The van der Waals surface area contributed by atoms with E-state index in [1.54, 1.807) is 0 Å². The minimum absolute atomic E-state index is 0.113. The topological polar surface area (TPSA) is 58.4 Å². The number of carbonyl (C=O) groups is 1. The molecule has 1 saturated carbocycles. The summed E-state index contributed by atoms with van der Waals surface area (Å²) in [5.74, 6) is 0. The van der Waals surface area contributed by atoms with Crippen LogP contribution in [0.3, 0.4) is 0 Å². The van der Waals surface area contributed by atoms with E-state index in [0.29, 0.717) is 12.6 Å². The molecule has 0 aromatic carbocycles. The summed E-state index contributed by atoms with van der Waals surface area (Å²) in [7, 11) is 0. The van der Waals surface area contributed by atoms with Crippen molar-refractivity contribution in [2.75, 3.05) is 13.1 Å². The van der Waals surface area contributed by atoms with Gasteiger partial charge in [-0.3, -0.25) is 0 Å². The first-order chi connectivity index (χ1) is 7.81. The third-order valence-corrected chi connectivity index (χ3v) is 3.84. The molecule has 2 rings (SSSR count). The van der Waals surface area contributed by atoms with Crippen LogP contribution in [0.2, 0.25) is 0 Å². The number of nitrogens with two attached hydrogens (primary N) is 1. The molecule has 1 atom stereocenters. The van der Waals surface area contributed by atoms with Gasteiger partial charge in [0, 0.05) is 25.2 Å². The molecular formula is C12H23N3O. The first-order valence-electron chi connectivity index (χ1n) is 6.58. The van der Waals surface area contributed by atoms with Crippen molar-refractivity contribution in [1.82, 2.24) is 10.2 Å². The van der Waals surface area contributed by atoms with Crippen molar-refractivity contribution < 1.29 is 4.79 Å². The van der Waals surface area contributed by atoms with Gasteiger partial charge in [-0.05, 0) is 32.1 Å². The van der Waals surface area contributed by atoms with Crippen molar-refractivity contribution in [3.8, 4) is 0 Å². The predicted octanol–water partition coefficient (Wildman–Crippen LogP) is 1.45. The number of nitrogens with one attached hydrogen (secondary N) is 1. The molecule has 1 aliphatic carbocycles. The number of hydrogen-bond donors (Lipinski definition) is 2. The quantitative estimate of drug-likeness (QED) is 0.747. The number of likely N-dealkylation sites (tertiary alicyclic amines) is 1. The maximum atomic E-state index is 12.1. The van der Waals surface area contributed by atoms with Crippen molar-refractivity contribution in [2.24, 2.45) is 5.73 Å². The number of rotatable bonds is 2. The van der Waals surface area contributed by atoms with Gasteiger partial charge in [-0.2, -0.15) is 0 Å². The molecule has 0 aromatic heterocycles. The molecule has 4 nitrogen and oxygen atoms in total. The Hall–Kier alpha value is -0.770. The highest BCUT2D eigenvalue weighted by Gasteiger charge is 2.27. The molecule has 1 saturated heterocycles. The average molecular weight is 225 g/mol. The van der Waals surface area contributed by atoms with Crippen molar-refractivity contribution in [3.05, 3.63) is 0 Å². The third-order valence-electron chi connectivity index (χ3n) is 3.84. The molecule has 16 heavy (non-hydrogen) atoms. The lowest BCUT2D eigenvalue weighted by molar-refractivity contribution is 0.167. The normalized spacial score (nSPS) is 27.1. The smallest absolute Gasteiger partial charge is 0.317 e. The van der Waals surface area contributed by atoms with Gasteiger partial charge < -0.3 is 16.0 Å². The summed E-state index contributed by atoms with van der Waals surface area (Å²) in [6.45, 7) is 1.47. The summed E-state index contributed by atoms with van der Waals surface area (Å²) >= 11 is 0. The van der Waals surface area contributed by atoms with E-state index in [1.807, 2.05) is 4.90 Å². The van der Waals surface area contributed by atoms with Gasteiger partial charge in [-0.1, -0.05) is 12.8 Å². The van der Waals surface area contributed by atoms with E-state index < -0.39 is 0 Å². The van der Waals surface area contributed by atoms with E-state index in [-0.39, 0.29) is 12.1 Å². The van der Waals surface area contributed by atoms with Crippen molar-refractivity contribution >= 4 is 6.03 Å². The zero-order valence-corrected chi connectivity index (χ0v) is 9.95. The number of urea groups is 1. The lowest BCUT2D eigenvalue weighted by Crippen LogP contribution is -2.52. The zero-order chi connectivity index (χ0) is 11.4. The summed E-state index contributed by atoms with van der Waals surface area (Å²) in [4.78, 5) is 14.0. The average Bonchev–Trinajstić information content (AvgIpc) is 2.47. The van der Waals surface area contributed by atoms with Crippen LogP contribution in [0.1, 0.15) is 44.9 Å². The second-order valence-corrected chi connectivity index (χ2v) is 5.01. The highest BCUT2D eigenvalue weighted by Crippen LogP contribution is 2.20. The van der Waals surface area contributed by atoms with E-state index in [2.05, 4.69) is 5.32 Å². The first kappa shape index (κ1) is 11.7. The Morgan fingerprint density at radius 2 is 2.00 bits per heavy atom. The lowest BCUT2D eigenvalue weighted by atomic mass is 9.93. The molecule has 1 unspecified atom stereocenters. The minimum atomic E-state index is 0.113. The summed E-state index contributed by atoms with van der Waals surface area (Å²) in [5.41, 5.74) is 5.76. The zero-order valence-electron chi connectivity index (χ0n) is 9.95. The number of nitrogens with zero attached hydrogens (tertiary/aromatic N) is 1. The molecule has 2 aliphatic rings. The maximum Gasteiger partial charge on any atom is 0.317 e. The molecule has 0 spiro atoms. The van der Waals surface area contributed by atoms with E-state index in [9.17, 15) is 4.79 Å². The second kappa shape index (κ2) is 5.53. The largest absolute Gasteiger partial charge is 0.335 e. The van der Waals surface area contributed by atoms with Gasteiger partial charge in [0.25, 0.3) is 0 Å². The number of hydrogen-bond acceptors (Lipinski definition) is 2. The van der Waals surface area contributed by atoms with E-state index in [1.165, 1.54) is 19.3 Å². The molecule has 1 heterocycles. The van der Waals surface area contributed by atoms with Gasteiger partial charge in [-0.25, -0.2) is 4.79 Å². The third kappa shape index (κ3) is 2.67. The standard InChI is InChI=1S/C12H23N3O/c13-9-11-7-2-1-3-8-15(11)12(16)14-10-5-4-6-10/h10-11H,1-9,13H2,(H,14,16). The Labute approximate surface area is 97.6 Å². The molecule has 2 amide bonds. The highest BCUT2D eigenvalue weighted by atomic mass is 16.2. The van der Waals surface area contributed by atoms with Crippen molar-refractivity contribution in [2.45, 2.75) is 57.0 Å². The summed E-state index contributed by atoms with van der Waals surface area (Å²) < 4.78 is 0. The van der Waals surface area contributed by atoms with E-state index >= 15 is 0 Å². The molecule has 0 bridgehead atoms. The van der Waals surface area contributed by atoms with Crippen LogP contribution in [0.15, 0.2) is 0 Å². The van der Waals surface area contributed by atoms with Crippen LogP contribution in [-0.4, -0.2) is 36.1 Å². The molecule has 1 aliphatic heterocycles. The minimum Gasteiger partial charge on any atom is -0.335 e. The Balaban J connectivity index is 1.89. The van der Waals surface area contributed by atoms with Crippen LogP contribution in [0.25, 0.3) is 0 Å². The summed E-state index contributed by atoms with van der Waals surface area (Å²) in [6, 6.07) is 0.791. The van der Waals surface area contributed by atoms with Crippen LogP contribution in [0.5, 0.6) is 0 Å². The lowest BCUT2D eigenvalue weighted by Gasteiger charge is -2.33. The molecule has 92 valence electrons. The number of amides is 2. The first-order valence-corrected chi connectivity index (χ1v) is 6.58. The second-order valence-electron chi connectivity index (χ2n) is 5.01. The van der Waals surface area contributed by atoms with Crippen LogP contribution in [0.4, 0.5) is 4.79 Å². The van der Waals surface area contributed by atoms with Crippen LogP contribution in [-0.2, 0) is 0 Å². The maximum absolute atomic E-state index is 12.1. The van der Waals surface area contributed by atoms with Gasteiger partial charge in [0.15, 0.2) is 0 Å². The molecule has 0 aromatic rings. The molecule has 2 fully saturated rings. The Morgan fingerprint density at radius 1 is 1.19 bits per heavy atom. The van der Waals surface area contributed by atoms with E-state index in [4.69, 9.17) is 5.73 Å². The van der Waals surface area contributed by atoms with Crippen LogP contribution >= 0.6 is 0 Å². The van der Waals surface area contributed by atoms with Crippen LogP contribution < -0.4 is 11.1 Å². The molecule has 4 heteroatoms. The van der Waals surface area contributed by atoms with Gasteiger partial charge in [0.05, 0.1) is 0 Å². The monoisotopic (exact) mass is 225 g/mol. The van der Waals surface area contributed by atoms with Gasteiger partial charge >= 0.3 is 6.03 Å². The molecular weight excluding hydrogens is 202 g/mol. The van der Waals surface area contributed by atoms with Gasteiger partial charge in [-0.15, -0.1) is 0 Å². The van der Waals surface area contributed by atoms with Crippen molar-refractivity contribution in [1.29, 1.82) is 0 Å². The van der Waals surface area contributed by atoms with Gasteiger partial charge in [0.1, 0.15) is 0 Å². The highest BCUT2D eigenvalue weighted by molar-refractivity contribution is 5.75. The predicted molar refractivity (Wildman–Crippen MR) is 64.2 cm³/mol. The van der Waals surface area contributed by atoms with Crippen molar-refractivity contribution in [3.63, 3.8) is 0 Å². The Kier molecular flexibility index (Phi) is 4.04. The molecule has 0 radical (unpaired) electrons. The Morgan fingerprint density at radius 3 is 2.62 bits per heavy atom. The summed E-state index contributed by atoms with van der Waals surface area (Å²) in [6.07, 6.45) is 8.16. The Bertz CT molecular complexity index is 240. The van der Waals surface area contributed by atoms with E-state index in [0.717, 1.165) is 32.2 Å². The summed E-state index contributed by atoms with van der Waals surface area (Å²) in [5, 5.41) is 3.11.